The monoisotopic (exact) mass is 272 g/mol. The summed E-state index contributed by atoms with van der Waals surface area (Å²) in [7, 11) is 2.17. The molecule has 19 heavy (non-hydrogen) atoms. The van der Waals surface area contributed by atoms with E-state index in [4.69, 9.17) is 5.11 Å². The topological polar surface area (TPSA) is 107 Å². The molecule has 106 valence electrons. The lowest BCUT2D eigenvalue weighted by Gasteiger charge is -2.19. The average molecular weight is 272 g/mol. The molecule has 0 radical (unpaired) electrons. The molecule has 0 fully saturated rings. The van der Waals surface area contributed by atoms with E-state index in [0.29, 0.717) is 6.08 Å². The van der Waals surface area contributed by atoms with Crippen LogP contribution in [0.15, 0.2) is 11.8 Å². The zero-order chi connectivity index (χ0) is 15.2. The number of ether oxygens (including phenoxy) is 2. The molecular weight excluding hydrogens is 256 g/mol. The number of hydrogen-bond acceptors (Lipinski definition) is 6. The summed E-state index contributed by atoms with van der Waals surface area (Å²) in [6, 6.07) is 0. The van der Waals surface area contributed by atoms with E-state index in [2.05, 4.69) is 9.47 Å². The van der Waals surface area contributed by atoms with Crippen LogP contribution in [0, 0.1) is 11.8 Å². The SMILES string of the molecule is COC(=O)[C@H](C(=O)/C(=C\C(=O)O)OC)[C@H](C)C(C)=O. The molecule has 0 saturated heterocycles. The molecule has 2 atom stereocenters. The van der Waals surface area contributed by atoms with Crippen LogP contribution in [-0.2, 0) is 28.7 Å². The van der Waals surface area contributed by atoms with Crippen molar-refractivity contribution < 1.29 is 33.8 Å². The van der Waals surface area contributed by atoms with Crippen molar-refractivity contribution in [3.63, 3.8) is 0 Å². The van der Waals surface area contributed by atoms with E-state index in [-0.39, 0.29) is 0 Å². The van der Waals surface area contributed by atoms with Gasteiger partial charge < -0.3 is 14.6 Å². The van der Waals surface area contributed by atoms with E-state index in [1.165, 1.54) is 13.8 Å². The highest BCUT2D eigenvalue weighted by molar-refractivity contribution is 6.11. The van der Waals surface area contributed by atoms with Crippen LogP contribution in [0.25, 0.3) is 0 Å². The molecule has 1 N–H and O–H groups in total. The Kier molecular flexibility index (Phi) is 6.46. The molecule has 0 bridgehead atoms. The Labute approximate surface area is 110 Å². The summed E-state index contributed by atoms with van der Waals surface area (Å²) in [6.45, 7) is 2.61. The van der Waals surface area contributed by atoms with Crippen LogP contribution < -0.4 is 0 Å². The van der Waals surface area contributed by atoms with E-state index in [1.54, 1.807) is 0 Å². The number of hydrogen-bond donors (Lipinski definition) is 1. The number of aliphatic carboxylic acids is 1. The Bertz CT molecular complexity index is 422. The number of allylic oxidation sites excluding steroid dienone is 1. The normalized spacial score (nSPS) is 14.2. The number of esters is 1. The minimum atomic E-state index is -1.42. The van der Waals surface area contributed by atoms with Crippen molar-refractivity contribution in [1.29, 1.82) is 0 Å². The molecular formula is C12H16O7. The standard InChI is InChI=1S/C12H16O7/c1-6(7(2)13)10(12(17)19-4)11(16)8(18-3)5-9(14)15/h5-6,10H,1-4H3,(H,14,15)/b8-5+/t6-,10+/m1/s1. The molecule has 0 aromatic heterocycles. The number of carboxylic acids is 1. The van der Waals surface area contributed by atoms with E-state index in [0.717, 1.165) is 14.2 Å². The molecule has 0 aliphatic rings. The molecule has 0 saturated carbocycles. The van der Waals surface area contributed by atoms with Crippen molar-refractivity contribution in [1.82, 2.24) is 0 Å². The van der Waals surface area contributed by atoms with E-state index in [9.17, 15) is 19.2 Å². The maximum atomic E-state index is 12.0. The number of rotatable bonds is 7. The van der Waals surface area contributed by atoms with Crippen molar-refractivity contribution >= 4 is 23.5 Å². The van der Waals surface area contributed by atoms with Crippen molar-refractivity contribution in [3.8, 4) is 0 Å². The summed E-state index contributed by atoms with van der Waals surface area (Å²) in [4.78, 5) is 45.5. The van der Waals surface area contributed by atoms with Gasteiger partial charge in [-0.15, -0.1) is 0 Å². The summed E-state index contributed by atoms with van der Waals surface area (Å²) in [5.74, 6) is -6.49. The molecule has 0 heterocycles. The third-order valence-electron chi connectivity index (χ3n) is 2.60. The molecule has 0 rings (SSSR count). The minimum Gasteiger partial charge on any atom is -0.493 e. The van der Waals surface area contributed by atoms with Gasteiger partial charge in [0.1, 0.15) is 11.7 Å². The van der Waals surface area contributed by atoms with Gasteiger partial charge in [0.2, 0.25) is 5.78 Å². The summed E-state index contributed by atoms with van der Waals surface area (Å²) in [6.07, 6.45) is 0.533. The third-order valence-corrected chi connectivity index (χ3v) is 2.60. The van der Waals surface area contributed by atoms with E-state index in [1.807, 2.05) is 0 Å². The molecule has 0 aliphatic heterocycles. The predicted octanol–water partition coefficient (Wildman–Crippen LogP) is 0.185. The van der Waals surface area contributed by atoms with Gasteiger partial charge in [0, 0.05) is 5.92 Å². The highest BCUT2D eigenvalue weighted by Crippen LogP contribution is 2.20. The van der Waals surface area contributed by atoms with Crippen molar-refractivity contribution in [3.05, 3.63) is 11.8 Å². The Morgan fingerprint density at radius 3 is 1.95 bits per heavy atom. The van der Waals surface area contributed by atoms with Gasteiger partial charge in [-0.05, 0) is 6.92 Å². The summed E-state index contributed by atoms with van der Waals surface area (Å²) >= 11 is 0. The number of carboxylic acid groups (broad SMARTS) is 1. The highest BCUT2D eigenvalue weighted by atomic mass is 16.5. The number of ketones is 2. The van der Waals surface area contributed by atoms with Crippen LogP contribution in [0.4, 0.5) is 0 Å². The molecule has 0 aromatic rings. The van der Waals surface area contributed by atoms with Gasteiger partial charge in [0.05, 0.1) is 20.3 Å². The zero-order valence-electron chi connectivity index (χ0n) is 11.1. The minimum absolute atomic E-state index is 0.394. The van der Waals surface area contributed by atoms with E-state index < -0.39 is 41.1 Å². The van der Waals surface area contributed by atoms with Crippen LogP contribution in [0.5, 0.6) is 0 Å². The lowest BCUT2D eigenvalue weighted by atomic mass is 9.86. The Morgan fingerprint density at radius 2 is 1.63 bits per heavy atom. The number of Topliss-reactive ketones (excluding diaryl/α,β-unsaturated/α-hetero) is 2. The van der Waals surface area contributed by atoms with Gasteiger partial charge in [-0.25, -0.2) is 4.79 Å². The van der Waals surface area contributed by atoms with Gasteiger partial charge in [-0.1, -0.05) is 6.92 Å². The maximum absolute atomic E-state index is 12.0. The fourth-order valence-electron chi connectivity index (χ4n) is 1.40. The summed E-state index contributed by atoms with van der Waals surface area (Å²) < 4.78 is 9.10. The fraction of sp³-hybridized carbons (Fsp3) is 0.500. The molecule has 0 aliphatic carbocycles. The Balaban J connectivity index is 5.49. The summed E-state index contributed by atoms with van der Waals surface area (Å²) in [5.41, 5.74) is 0. The number of methoxy groups -OCH3 is 2. The maximum Gasteiger partial charge on any atom is 0.332 e. The molecule has 0 unspecified atom stereocenters. The van der Waals surface area contributed by atoms with Gasteiger partial charge in [0.25, 0.3) is 0 Å². The van der Waals surface area contributed by atoms with Gasteiger partial charge in [-0.2, -0.15) is 0 Å². The molecule has 7 nitrogen and oxygen atoms in total. The molecule has 0 amide bonds. The van der Waals surface area contributed by atoms with E-state index >= 15 is 0 Å². The highest BCUT2D eigenvalue weighted by Gasteiger charge is 2.38. The van der Waals surface area contributed by atoms with Gasteiger partial charge >= 0.3 is 11.9 Å². The quantitative estimate of drug-likeness (QED) is 0.305. The number of carbonyl (C=O) groups is 4. The fourth-order valence-corrected chi connectivity index (χ4v) is 1.40. The summed E-state index contributed by atoms with van der Waals surface area (Å²) in [5, 5.41) is 8.60. The van der Waals surface area contributed by atoms with Crippen LogP contribution in [0.2, 0.25) is 0 Å². The van der Waals surface area contributed by atoms with Gasteiger partial charge in [-0.3, -0.25) is 14.4 Å². The first-order valence-corrected chi connectivity index (χ1v) is 5.37. The van der Waals surface area contributed by atoms with Crippen molar-refractivity contribution in [2.75, 3.05) is 14.2 Å². The Hall–Kier alpha value is -2.18. The Morgan fingerprint density at radius 1 is 1.11 bits per heavy atom. The largest absolute Gasteiger partial charge is 0.493 e. The second kappa shape index (κ2) is 7.30. The lowest BCUT2D eigenvalue weighted by molar-refractivity contribution is -0.153. The number of carbonyl (C=O) groups excluding carboxylic acids is 3. The smallest absolute Gasteiger partial charge is 0.332 e. The molecule has 0 aromatic carbocycles. The second-order valence-corrected chi connectivity index (χ2v) is 3.82. The predicted molar refractivity (Wildman–Crippen MR) is 63.1 cm³/mol. The van der Waals surface area contributed by atoms with Crippen LogP contribution in [0.1, 0.15) is 13.8 Å². The van der Waals surface area contributed by atoms with Crippen molar-refractivity contribution in [2.24, 2.45) is 11.8 Å². The van der Waals surface area contributed by atoms with Crippen LogP contribution in [0.3, 0.4) is 0 Å². The third kappa shape index (κ3) is 4.53. The van der Waals surface area contributed by atoms with Crippen LogP contribution >= 0.6 is 0 Å². The zero-order valence-corrected chi connectivity index (χ0v) is 11.1. The first kappa shape index (κ1) is 16.8. The van der Waals surface area contributed by atoms with Crippen molar-refractivity contribution in [2.45, 2.75) is 13.8 Å². The first-order chi connectivity index (χ1) is 8.76. The lowest BCUT2D eigenvalue weighted by Crippen LogP contribution is -2.35. The second-order valence-electron chi connectivity index (χ2n) is 3.82. The van der Waals surface area contributed by atoms with Gasteiger partial charge in [0.15, 0.2) is 5.76 Å². The molecule has 7 heteroatoms. The average Bonchev–Trinajstić information content (AvgIpc) is 2.34. The molecule has 0 spiro atoms. The van der Waals surface area contributed by atoms with Crippen LogP contribution in [-0.4, -0.2) is 42.8 Å². The first-order valence-electron chi connectivity index (χ1n) is 5.37.